The average molecular weight is 398 g/mol. The molecule has 1 amide bonds. The number of anilines is 2. The van der Waals surface area contributed by atoms with Crippen LogP contribution in [0.3, 0.4) is 0 Å². The van der Waals surface area contributed by atoms with Crippen molar-refractivity contribution in [2.45, 2.75) is 6.92 Å². The molecule has 8 heteroatoms. The number of thiophene rings is 1. The lowest BCUT2D eigenvalue weighted by Crippen LogP contribution is -2.41. The van der Waals surface area contributed by atoms with Crippen LogP contribution in [0.1, 0.15) is 15.2 Å². The van der Waals surface area contributed by atoms with E-state index in [9.17, 15) is 4.79 Å². The molecule has 0 aliphatic carbocycles. The highest BCUT2D eigenvalue weighted by Crippen LogP contribution is 2.29. The van der Waals surface area contributed by atoms with Gasteiger partial charge in [0.2, 0.25) is 0 Å². The number of carbonyl (C=O) groups is 1. The minimum Gasteiger partial charge on any atom is -0.379 e. The van der Waals surface area contributed by atoms with E-state index >= 15 is 0 Å². The van der Waals surface area contributed by atoms with Crippen molar-refractivity contribution in [2.24, 2.45) is 0 Å². The molecule has 28 heavy (non-hydrogen) atoms. The summed E-state index contributed by atoms with van der Waals surface area (Å²) in [6, 6.07) is 9.97. The highest BCUT2D eigenvalue weighted by molar-refractivity contribution is 7.20. The summed E-state index contributed by atoms with van der Waals surface area (Å²) in [5.41, 5.74) is 2.15. The number of carbonyl (C=O) groups excluding carboxylic acids is 1. The summed E-state index contributed by atoms with van der Waals surface area (Å²) in [6.45, 7) is 6.87. The Morgan fingerprint density at radius 2 is 2.00 bits per heavy atom. The van der Waals surface area contributed by atoms with Crippen molar-refractivity contribution < 1.29 is 9.53 Å². The summed E-state index contributed by atoms with van der Waals surface area (Å²) < 4.78 is 5.34. The number of aryl methyl sites for hydroxylation is 1. The van der Waals surface area contributed by atoms with Gasteiger partial charge < -0.3 is 15.4 Å². The van der Waals surface area contributed by atoms with Crippen LogP contribution in [0, 0.1) is 6.92 Å². The van der Waals surface area contributed by atoms with Crippen molar-refractivity contribution in [1.29, 1.82) is 0 Å². The molecule has 0 spiro atoms. The molecule has 0 bridgehead atoms. The highest BCUT2D eigenvalue weighted by Gasteiger charge is 2.15. The zero-order chi connectivity index (χ0) is 19.3. The summed E-state index contributed by atoms with van der Waals surface area (Å²) in [4.78, 5) is 25.0. The standard InChI is InChI=1S/C20H23N5O2S/c1-14-2-4-15(5-3-14)24-18-16-12-17(28-20(16)23-13-22-18)19(26)21-6-7-25-8-10-27-11-9-25/h2-5,12-13H,6-11H2,1H3,(H,21,26)(H,22,23,24). The molecule has 2 N–H and O–H groups in total. The molecular weight excluding hydrogens is 374 g/mol. The molecule has 0 saturated carbocycles. The first-order chi connectivity index (χ1) is 13.7. The van der Waals surface area contributed by atoms with Crippen molar-refractivity contribution >= 4 is 39.0 Å². The lowest BCUT2D eigenvalue weighted by Gasteiger charge is -2.26. The summed E-state index contributed by atoms with van der Waals surface area (Å²) in [5, 5.41) is 7.17. The molecule has 1 aromatic carbocycles. The van der Waals surface area contributed by atoms with Crippen molar-refractivity contribution in [1.82, 2.24) is 20.2 Å². The van der Waals surface area contributed by atoms with Gasteiger partial charge in [0, 0.05) is 31.9 Å². The molecule has 1 fully saturated rings. The quantitative estimate of drug-likeness (QED) is 0.666. The summed E-state index contributed by atoms with van der Waals surface area (Å²) in [5.74, 6) is 0.634. The number of benzene rings is 1. The van der Waals surface area contributed by atoms with Gasteiger partial charge in [0.25, 0.3) is 5.91 Å². The number of nitrogens with one attached hydrogen (secondary N) is 2. The summed E-state index contributed by atoms with van der Waals surface area (Å²) >= 11 is 1.38. The van der Waals surface area contributed by atoms with E-state index < -0.39 is 0 Å². The van der Waals surface area contributed by atoms with Crippen LogP contribution in [0.15, 0.2) is 36.7 Å². The zero-order valence-electron chi connectivity index (χ0n) is 15.8. The van der Waals surface area contributed by atoms with E-state index in [-0.39, 0.29) is 5.91 Å². The Morgan fingerprint density at radius 3 is 2.79 bits per heavy atom. The number of nitrogens with zero attached hydrogens (tertiary/aromatic N) is 3. The predicted octanol–water partition coefficient (Wildman–Crippen LogP) is 2.81. The van der Waals surface area contributed by atoms with Gasteiger partial charge >= 0.3 is 0 Å². The van der Waals surface area contributed by atoms with Crippen LogP contribution >= 0.6 is 11.3 Å². The van der Waals surface area contributed by atoms with E-state index in [2.05, 4.69) is 32.4 Å². The molecular formula is C20H23N5O2S. The molecule has 3 aromatic rings. The second-order valence-electron chi connectivity index (χ2n) is 6.75. The van der Waals surface area contributed by atoms with E-state index in [0.29, 0.717) is 17.2 Å². The number of ether oxygens (including phenoxy) is 1. The fourth-order valence-corrected chi connectivity index (χ4v) is 4.00. The average Bonchev–Trinajstić information content (AvgIpc) is 3.16. The molecule has 1 saturated heterocycles. The number of hydrogen-bond acceptors (Lipinski definition) is 7. The third kappa shape index (κ3) is 4.46. The van der Waals surface area contributed by atoms with Crippen LogP contribution in [0.25, 0.3) is 10.2 Å². The third-order valence-corrected chi connectivity index (χ3v) is 5.73. The van der Waals surface area contributed by atoms with Gasteiger partial charge in [0.15, 0.2) is 0 Å². The van der Waals surface area contributed by atoms with Crippen LogP contribution < -0.4 is 10.6 Å². The van der Waals surface area contributed by atoms with Gasteiger partial charge in [-0.2, -0.15) is 0 Å². The predicted molar refractivity (Wildman–Crippen MR) is 111 cm³/mol. The number of aromatic nitrogens is 2. The first-order valence-electron chi connectivity index (χ1n) is 9.35. The smallest absolute Gasteiger partial charge is 0.261 e. The summed E-state index contributed by atoms with van der Waals surface area (Å²) in [7, 11) is 0. The summed E-state index contributed by atoms with van der Waals surface area (Å²) in [6.07, 6.45) is 1.52. The number of fused-ring (bicyclic) bond motifs is 1. The van der Waals surface area contributed by atoms with E-state index in [0.717, 1.165) is 48.8 Å². The Labute approximate surface area is 167 Å². The first kappa shape index (κ1) is 18.8. The van der Waals surface area contributed by atoms with E-state index in [1.807, 2.05) is 30.3 Å². The molecule has 0 unspecified atom stereocenters. The van der Waals surface area contributed by atoms with Crippen molar-refractivity contribution in [3.05, 3.63) is 47.1 Å². The minimum absolute atomic E-state index is 0.0717. The van der Waals surface area contributed by atoms with Crippen molar-refractivity contribution in [3.63, 3.8) is 0 Å². The van der Waals surface area contributed by atoms with Gasteiger partial charge in [-0.3, -0.25) is 9.69 Å². The largest absolute Gasteiger partial charge is 0.379 e. The Hall–Kier alpha value is -2.55. The highest BCUT2D eigenvalue weighted by atomic mass is 32.1. The Bertz CT molecular complexity index is 951. The van der Waals surface area contributed by atoms with Crippen LogP contribution in [-0.2, 0) is 4.74 Å². The van der Waals surface area contributed by atoms with Gasteiger partial charge in [0.05, 0.1) is 23.5 Å². The van der Waals surface area contributed by atoms with Gasteiger partial charge in [0.1, 0.15) is 17.0 Å². The molecule has 4 rings (SSSR count). The Kier molecular flexibility index (Phi) is 5.80. The molecule has 7 nitrogen and oxygen atoms in total. The van der Waals surface area contributed by atoms with Crippen molar-refractivity contribution in [3.8, 4) is 0 Å². The van der Waals surface area contributed by atoms with Gasteiger partial charge in [-0.1, -0.05) is 17.7 Å². The fraction of sp³-hybridized carbons (Fsp3) is 0.350. The number of rotatable bonds is 6. The Balaban J connectivity index is 1.43. The topological polar surface area (TPSA) is 79.4 Å². The van der Waals surface area contributed by atoms with Crippen LogP contribution in [0.2, 0.25) is 0 Å². The molecule has 1 aliphatic heterocycles. The lowest BCUT2D eigenvalue weighted by molar-refractivity contribution is 0.0383. The number of morpholine rings is 1. The molecule has 3 heterocycles. The van der Waals surface area contributed by atoms with Gasteiger partial charge in [-0.15, -0.1) is 11.3 Å². The number of amides is 1. The lowest BCUT2D eigenvalue weighted by atomic mass is 10.2. The van der Waals surface area contributed by atoms with E-state index in [4.69, 9.17) is 4.74 Å². The number of hydrogen-bond donors (Lipinski definition) is 2. The van der Waals surface area contributed by atoms with Crippen LogP contribution in [0.4, 0.5) is 11.5 Å². The third-order valence-electron chi connectivity index (χ3n) is 4.68. The van der Waals surface area contributed by atoms with Crippen molar-refractivity contribution in [2.75, 3.05) is 44.7 Å². The molecule has 0 atom stereocenters. The van der Waals surface area contributed by atoms with Crippen LogP contribution in [0.5, 0.6) is 0 Å². The molecule has 2 aromatic heterocycles. The first-order valence-corrected chi connectivity index (χ1v) is 10.2. The van der Waals surface area contributed by atoms with E-state index in [1.165, 1.54) is 23.2 Å². The molecule has 1 aliphatic rings. The molecule has 146 valence electrons. The second kappa shape index (κ2) is 8.64. The van der Waals surface area contributed by atoms with Crippen LogP contribution in [-0.4, -0.2) is 60.2 Å². The van der Waals surface area contributed by atoms with E-state index in [1.54, 1.807) is 0 Å². The van der Waals surface area contributed by atoms with Gasteiger partial charge in [-0.25, -0.2) is 9.97 Å². The fourth-order valence-electron chi connectivity index (χ4n) is 3.08. The normalized spacial score (nSPS) is 14.9. The Morgan fingerprint density at radius 1 is 1.21 bits per heavy atom. The SMILES string of the molecule is Cc1ccc(Nc2ncnc3sc(C(=O)NCCN4CCOCC4)cc23)cc1. The maximum absolute atomic E-state index is 12.6. The zero-order valence-corrected chi connectivity index (χ0v) is 16.6. The minimum atomic E-state index is -0.0717. The monoisotopic (exact) mass is 397 g/mol. The van der Waals surface area contributed by atoms with Gasteiger partial charge in [-0.05, 0) is 25.1 Å². The molecule has 0 radical (unpaired) electrons. The maximum atomic E-state index is 12.6. The maximum Gasteiger partial charge on any atom is 0.261 e. The second-order valence-corrected chi connectivity index (χ2v) is 7.78.